The molecule has 1 amide bonds. The van der Waals surface area contributed by atoms with Crippen LogP contribution in [0.15, 0.2) is 54.7 Å². The standard InChI is InChI=1S/C39H42F2N6O3/c1-22-18-31-36(43-23(2)46(31)4)38-34(22)28-8-7-16-47-32(21-24(37(28)47)14-17-45(38)3)39(49)25-19-29(40)35(30(41)20-25)44-33(48)9-6-15-42-26-10-12-27(50-5)13-11-26/h6-9,16,18-21,26-27,42H,10-15,17H2,1-5H3,(H,44,48)/b9-6+. The largest absolute Gasteiger partial charge is 0.381 e. The van der Waals surface area contributed by atoms with Gasteiger partial charge in [0, 0.05) is 69.3 Å². The van der Waals surface area contributed by atoms with Crippen LogP contribution in [0.5, 0.6) is 0 Å². The van der Waals surface area contributed by atoms with Gasteiger partial charge in [0.25, 0.3) is 0 Å². The summed E-state index contributed by atoms with van der Waals surface area (Å²) >= 11 is 0. The predicted molar refractivity (Wildman–Crippen MR) is 192 cm³/mol. The summed E-state index contributed by atoms with van der Waals surface area (Å²) in [6, 6.07) is 10.2. The molecule has 260 valence electrons. The number of carbonyl (C=O) groups excluding carboxylic acids is 2. The Morgan fingerprint density at radius 3 is 2.52 bits per heavy atom. The fourth-order valence-corrected chi connectivity index (χ4v) is 7.61. The van der Waals surface area contributed by atoms with Crippen LogP contribution in [0.2, 0.25) is 0 Å². The number of imidazole rings is 1. The van der Waals surface area contributed by atoms with E-state index in [0.29, 0.717) is 37.4 Å². The third-order valence-electron chi connectivity index (χ3n) is 10.4. The first-order valence-electron chi connectivity index (χ1n) is 17.1. The zero-order chi connectivity index (χ0) is 35.3. The topological polar surface area (TPSA) is 92.9 Å². The van der Waals surface area contributed by atoms with Gasteiger partial charge in [0.1, 0.15) is 28.7 Å². The first kappa shape index (κ1) is 33.6. The van der Waals surface area contributed by atoms with Gasteiger partial charge in [-0.05, 0) is 87.4 Å². The Bertz CT molecular complexity index is 2150. The average molecular weight is 681 g/mol. The summed E-state index contributed by atoms with van der Waals surface area (Å²) in [6.45, 7) is 5.21. The van der Waals surface area contributed by atoms with E-state index >= 15 is 8.78 Å². The molecule has 1 fully saturated rings. The number of rotatable bonds is 8. The van der Waals surface area contributed by atoms with E-state index in [1.165, 1.54) is 6.08 Å². The molecule has 0 saturated heterocycles. The van der Waals surface area contributed by atoms with Crippen molar-refractivity contribution in [1.29, 1.82) is 0 Å². The van der Waals surface area contributed by atoms with Crippen molar-refractivity contribution < 1.29 is 23.1 Å². The molecule has 0 unspecified atom stereocenters. The summed E-state index contributed by atoms with van der Waals surface area (Å²) < 4.78 is 40.0. The Morgan fingerprint density at radius 2 is 1.80 bits per heavy atom. The van der Waals surface area contributed by atoms with E-state index in [1.54, 1.807) is 13.2 Å². The maximum absolute atomic E-state index is 15.3. The number of amides is 1. The summed E-state index contributed by atoms with van der Waals surface area (Å²) in [6.07, 6.45) is 9.59. The van der Waals surface area contributed by atoms with Crippen molar-refractivity contribution in [3.63, 3.8) is 0 Å². The minimum atomic E-state index is -1.02. The van der Waals surface area contributed by atoms with Gasteiger partial charge in [-0.3, -0.25) is 9.59 Å². The highest BCUT2D eigenvalue weighted by molar-refractivity contribution is 6.11. The van der Waals surface area contributed by atoms with E-state index in [-0.39, 0.29) is 5.56 Å². The summed E-state index contributed by atoms with van der Waals surface area (Å²) in [5.74, 6) is -2.31. The Labute approximate surface area is 289 Å². The van der Waals surface area contributed by atoms with E-state index in [0.717, 1.165) is 88.1 Å². The van der Waals surface area contributed by atoms with Gasteiger partial charge < -0.3 is 29.2 Å². The maximum atomic E-state index is 15.3. The second-order valence-electron chi connectivity index (χ2n) is 13.5. The number of nitrogens with one attached hydrogen (secondary N) is 2. The van der Waals surface area contributed by atoms with Gasteiger partial charge in [-0.25, -0.2) is 13.8 Å². The first-order chi connectivity index (χ1) is 24.0. The number of ketones is 1. The highest BCUT2D eigenvalue weighted by Gasteiger charge is 2.28. The summed E-state index contributed by atoms with van der Waals surface area (Å²) in [4.78, 5) is 33.6. The number of methoxy groups -OCH3 is 1. The number of carbonyl (C=O) groups is 2. The number of hydrogen-bond donors (Lipinski definition) is 2. The van der Waals surface area contributed by atoms with Crippen LogP contribution in [0.25, 0.3) is 27.7 Å². The van der Waals surface area contributed by atoms with Gasteiger partial charge in [-0.1, -0.05) is 12.1 Å². The Balaban J connectivity index is 1.15. The van der Waals surface area contributed by atoms with E-state index in [2.05, 4.69) is 40.1 Å². The molecule has 2 N–H and O–H groups in total. The van der Waals surface area contributed by atoms with Crippen LogP contribution in [-0.4, -0.2) is 65.0 Å². The first-order valence-corrected chi connectivity index (χ1v) is 17.1. The zero-order valence-corrected chi connectivity index (χ0v) is 29.1. The fourth-order valence-electron chi connectivity index (χ4n) is 7.61. The number of likely N-dealkylation sites (N-methyl/N-ethyl adjacent to an activating group) is 1. The lowest BCUT2D eigenvalue weighted by Crippen LogP contribution is -2.35. The molecule has 4 heterocycles. The number of ether oxygens (including phenoxy) is 1. The number of fused-ring (bicyclic) bond motifs is 4. The van der Waals surface area contributed by atoms with Crippen molar-refractivity contribution in [3.8, 4) is 11.1 Å². The number of pyridine rings is 1. The van der Waals surface area contributed by atoms with Crippen molar-refractivity contribution in [1.82, 2.24) is 19.3 Å². The minimum absolute atomic E-state index is 0.147. The quantitative estimate of drug-likeness (QED) is 0.141. The molecule has 0 atom stereocenters. The van der Waals surface area contributed by atoms with Crippen LogP contribution in [0.1, 0.15) is 58.7 Å². The second-order valence-corrected chi connectivity index (χ2v) is 13.5. The summed E-state index contributed by atoms with van der Waals surface area (Å²) in [5, 5.41) is 5.68. The van der Waals surface area contributed by atoms with Crippen molar-refractivity contribution >= 4 is 39.6 Å². The zero-order valence-electron chi connectivity index (χ0n) is 29.1. The van der Waals surface area contributed by atoms with Crippen LogP contribution in [-0.2, 0) is 23.0 Å². The monoisotopic (exact) mass is 680 g/mol. The maximum Gasteiger partial charge on any atom is 0.248 e. The van der Waals surface area contributed by atoms with Gasteiger partial charge in [0.15, 0.2) is 0 Å². The van der Waals surface area contributed by atoms with Crippen molar-refractivity contribution in [3.05, 3.63) is 94.6 Å². The van der Waals surface area contributed by atoms with E-state index in [1.807, 2.05) is 42.8 Å². The van der Waals surface area contributed by atoms with E-state index < -0.39 is 29.0 Å². The van der Waals surface area contributed by atoms with Crippen LogP contribution in [0.3, 0.4) is 0 Å². The third kappa shape index (κ3) is 5.98. The van der Waals surface area contributed by atoms with Crippen LogP contribution >= 0.6 is 0 Å². The number of halogens is 2. The number of anilines is 2. The lowest BCUT2D eigenvalue weighted by Gasteiger charge is -2.27. The molecule has 0 radical (unpaired) electrons. The van der Waals surface area contributed by atoms with Crippen molar-refractivity contribution in [2.45, 2.75) is 58.1 Å². The average Bonchev–Trinajstić information content (AvgIpc) is 3.61. The molecule has 9 nitrogen and oxygen atoms in total. The van der Waals surface area contributed by atoms with E-state index in [4.69, 9.17) is 9.72 Å². The molecule has 1 aliphatic heterocycles. The van der Waals surface area contributed by atoms with Crippen molar-refractivity contribution in [2.24, 2.45) is 7.05 Å². The van der Waals surface area contributed by atoms with Gasteiger partial charge in [0.05, 0.1) is 28.5 Å². The lowest BCUT2D eigenvalue weighted by molar-refractivity contribution is -0.112. The molecule has 5 aromatic rings. The number of aryl methyl sites for hydroxylation is 3. The smallest absolute Gasteiger partial charge is 0.248 e. The lowest BCUT2D eigenvalue weighted by atomic mass is 9.93. The van der Waals surface area contributed by atoms with Gasteiger partial charge in [-0.15, -0.1) is 0 Å². The summed E-state index contributed by atoms with van der Waals surface area (Å²) in [5.41, 5.74) is 7.50. The molecule has 0 bridgehead atoms. The molecule has 2 aliphatic rings. The normalized spacial score (nSPS) is 17.7. The van der Waals surface area contributed by atoms with Crippen molar-refractivity contribution in [2.75, 3.05) is 37.5 Å². The molecule has 50 heavy (non-hydrogen) atoms. The molecular weight excluding hydrogens is 638 g/mol. The van der Waals surface area contributed by atoms with Gasteiger partial charge in [0.2, 0.25) is 11.7 Å². The number of benzene rings is 2. The Kier molecular flexibility index (Phi) is 9.04. The highest BCUT2D eigenvalue weighted by atomic mass is 19.1. The fraction of sp³-hybridized carbons (Fsp3) is 0.359. The molecule has 11 heteroatoms. The predicted octanol–water partition coefficient (Wildman–Crippen LogP) is 6.65. The highest BCUT2D eigenvalue weighted by Crippen LogP contribution is 2.44. The number of nitrogens with zero attached hydrogens (tertiary/aromatic N) is 4. The van der Waals surface area contributed by atoms with Crippen LogP contribution in [0.4, 0.5) is 20.2 Å². The third-order valence-corrected chi connectivity index (χ3v) is 10.4. The SMILES string of the molecule is COC1CCC(NC/C=C/C(=O)Nc2c(F)cc(C(=O)c3cc4c5c(cccn35)-c3c(C)cc5c(nc(C)n5C)c3N(C)CC4)cc2F)CC1. The molecule has 1 aliphatic carbocycles. The molecule has 3 aromatic heterocycles. The number of hydrogen-bond acceptors (Lipinski definition) is 6. The molecule has 0 spiro atoms. The molecule has 1 saturated carbocycles. The molecular formula is C39H42F2N6O3. The van der Waals surface area contributed by atoms with Gasteiger partial charge >= 0.3 is 0 Å². The Morgan fingerprint density at radius 1 is 1.06 bits per heavy atom. The van der Waals surface area contributed by atoms with Gasteiger partial charge in [-0.2, -0.15) is 0 Å². The van der Waals surface area contributed by atoms with E-state index in [9.17, 15) is 9.59 Å². The van der Waals surface area contributed by atoms with Crippen LogP contribution in [0, 0.1) is 25.5 Å². The summed E-state index contributed by atoms with van der Waals surface area (Å²) in [7, 11) is 5.80. The second kappa shape index (κ2) is 13.4. The Hall–Kier alpha value is -4.87. The minimum Gasteiger partial charge on any atom is -0.381 e. The molecule has 2 aromatic carbocycles. The number of aromatic nitrogens is 3. The molecule has 7 rings (SSSR count). The van der Waals surface area contributed by atoms with Crippen LogP contribution < -0.4 is 15.5 Å².